The van der Waals surface area contributed by atoms with E-state index in [0.717, 1.165) is 56.9 Å². The Morgan fingerprint density at radius 3 is 2.00 bits per heavy atom. The highest BCUT2D eigenvalue weighted by Gasteiger charge is 2.34. The van der Waals surface area contributed by atoms with Crippen LogP contribution in [0, 0.1) is 7.14 Å². The van der Waals surface area contributed by atoms with Crippen molar-refractivity contribution in [2.45, 2.75) is 5.92 Å². The van der Waals surface area contributed by atoms with E-state index in [0.29, 0.717) is 0 Å². The van der Waals surface area contributed by atoms with Gasteiger partial charge in [0.1, 0.15) is 28.7 Å². The highest BCUT2D eigenvalue weighted by Crippen LogP contribution is 2.54. The molecule has 1 unspecified atom stereocenters. The van der Waals surface area contributed by atoms with E-state index in [1.807, 2.05) is 30.3 Å². The monoisotopic (exact) mass is 658 g/mol. The van der Waals surface area contributed by atoms with E-state index in [9.17, 15) is 15.3 Å². The van der Waals surface area contributed by atoms with Crippen LogP contribution in [0.3, 0.4) is 0 Å². The normalized spacial score (nSPS) is 14.7. The van der Waals surface area contributed by atoms with Gasteiger partial charge >= 0.3 is 0 Å². The molecule has 4 nitrogen and oxygen atoms in total. The number of phenolic OH excluding ortho intramolecular Hbond substituents is 3. The van der Waals surface area contributed by atoms with Crippen molar-refractivity contribution < 1.29 is 20.1 Å². The zero-order chi connectivity index (χ0) is 22.9. The lowest BCUT2D eigenvalue weighted by Crippen LogP contribution is -2.14. The average Bonchev–Trinajstić information content (AvgIpc) is 2.78. The molecule has 0 radical (unpaired) electrons. The molecular formula is C27H16I2O4. The Hall–Kier alpha value is -2.72. The third kappa shape index (κ3) is 3.30. The van der Waals surface area contributed by atoms with Crippen LogP contribution >= 0.6 is 45.2 Å². The maximum Gasteiger partial charge on any atom is 0.144 e. The Morgan fingerprint density at radius 1 is 0.667 bits per heavy atom. The molecule has 1 aliphatic rings. The first kappa shape index (κ1) is 20.9. The van der Waals surface area contributed by atoms with Crippen LogP contribution in [-0.2, 0) is 0 Å². The summed E-state index contributed by atoms with van der Waals surface area (Å²) >= 11 is 4.60. The maximum atomic E-state index is 11.2. The molecule has 3 N–H and O–H groups in total. The molecule has 0 amide bonds. The summed E-state index contributed by atoms with van der Waals surface area (Å²) in [5.41, 5.74) is 2.67. The van der Waals surface area contributed by atoms with Gasteiger partial charge < -0.3 is 20.1 Å². The van der Waals surface area contributed by atoms with Crippen LogP contribution in [0.15, 0.2) is 72.8 Å². The van der Waals surface area contributed by atoms with E-state index in [1.165, 1.54) is 0 Å². The summed E-state index contributed by atoms with van der Waals surface area (Å²) in [5, 5.41) is 34.8. The summed E-state index contributed by atoms with van der Waals surface area (Å²) in [6.07, 6.45) is 0. The lowest BCUT2D eigenvalue weighted by molar-refractivity contribution is 0.443. The molecule has 0 spiro atoms. The molecule has 1 aliphatic heterocycles. The van der Waals surface area contributed by atoms with Crippen LogP contribution in [-0.4, -0.2) is 15.3 Å². The smallest absolute Gasteiger partial charge is 0.144 e. The van der Waals surface area contributed by atoms with E-state index in [1.54, 1.807) is 30.3 Å². The summed E-state index contributed by atoms with van der Waals surface area (Å²) < 4.78 is 8.50. The van der Waals surface area contributed by atoms with Crippen molar-refractivity contribution >= 4 is 66.7 Å². The zero-order valence-corrected chi connectivity index (χ0v) is 21.3. The molecule has 6 rings (SSSR count). The van der Waals surface area contributed by atoms with Gasteiger partial charge in [-0.15, -0.1) is 0 Å². The standard InChI is InChI=1S/C27H16I2O4/c28-15-11-20-26(24-18-5-3-16(30)9-13(18)1-7-22(24)32)25-19-6-4-17(31)10-14(19)2-8-23(25)33-27(20)21(29)12-15/h1-12,26,30-32H. The minimum Gasteiger partial charge on any atom is -0.508 e. The van der Waals surface area contributed by atoms with Gasteiger partial charge in [0.2, 0.25) is 0 Å². The number of hydrogen-bond donors (Lipinski definition) is 3. The lowest BCUT2D eigenvalue weighted by Gasteiger charge is -2.32. The molecule has 162 valence electrons. The topological polar surface area (TPSA) is 69.9 Å². The molecule has 0 saturated heterocycles. The van der Waals surface area contributed by atoms with Crippen LogP contribution < -0.4 is 4.74 Å². The molecule has 0 fully saturated rings. The van der Waals surface area contributed by atoms with Crippen LogP contribution in [0.5, 0.6) is 28.7 Å². The summed E-state index contributed by atoms with van der Waals surface area (Å²) in [6, 6.07) is 22.1. The molecule has 0 saturated carbocycles. The van der Waals surface area contributed by atoms with Crippen molar-refractivity contribution in [2.75, 3.05) is 0 Å². The van der Waals surface area contributed by atoms with Crippen molar-refractivity contribution in [3.63, 3.8) is 0 Å². The van der Waals surface area contributed by atoms with E-state index >= 15 is 0 Å². The van der Waals surface area contributed by atoms with E-state index in [-0.39, 0.29) is 23.2 Å². The second kappa shape index (κ2) is 7.66. The van der Waals surface area contributed by atoms with Gasteiger partial charge in [-0.05, 0) is 115 Å². The second-order valence-corrected chi connectivity index (χ2v) is 10.5. The number of phenols is 3. The predicted molar refractivity (Wildman–Crippen MR) is 146 cm³/mol. The lowest BCUT2D eigenvalue weighted by atomic mass is 9.78. The SMILES string of the molecule is Oc1ccc2c(C3c4cc(I)cc(I)c4Oc4ccc5cc(O)ccc5c43)c(O)ccc2c1. The van der Waals surface area contributed by atoms with E-state index in [4.69, 9.17) is 4.74 Å². The Bertz CT molecular complexity index is 1560. The Kier molecular flexibility index (Phi) is 4.84. The second-order valence-electron chi connectivity index (χ2n) is 8.13. The van der Waals surface area contributed by atoms with Crippen molar-refractivity contribution in [1.82, 2.24) is 0 Å². The van der Waals surface area contributed by atoms with E-state index < -0.39 is 0 Å². The van der Waals surface area contributed by atoms with E-state index in [2.05, 4.69) is 57.3 Å². The van der Waals surface area contributed by atoms with Gasteiger partial charge in [0.15, 0.2) is 0 Å². The minimum absolute atomic E-state index is 0.178. The number of rotatable bonds is 1. The molecule has 5 aromatic carbocycles. The first-order valence-electron chi connectivity index (χ1n) is 10.3. The number of ether oxygens (including phenoxy) is 1. The molecule has 1 atom stereocenters. The first-order valence-corrected chi connectivity index (χ1v) is 12.4. The zero-order valence-electron chi connectivity index (χ0n) is 17.0. The Labute approximate surface area is 216 Å². The largest absolute Gasteiger partial charge is 0.508 e. The molecule has 5 aromatic rings. The number of benzene rings is 5. The van der Waals surface area contributed by atoms with Gasteiger partial charge in [0.25, 0.3) is 0 Å². The number of halogens is 2. The molecular weight excluding hydrogens is 642 g/mol. The summed E-state index contributed by atoms with van der Waals surface area (Å²) in [6.45, 7) is 0. The summed E-state index contributed by atoms with van der Waals surface area (Å²) in [4.78, 5) is 0. The molecule has 0 aromatic heterocycles. The number of fused-ring (bicyclic) bond motifs is 5. The highest BCUT2D eigenvalue weighted by atomic mass is 127. The molecule has 0 aliphatic carbocycles. The average molecular weight is 658 g/mol. The van der Waals surface area contributed by atoms with Crippen LogP contribution in [0.1, 0.15) is 22.6 Å². The molecule has 0 bridgehead atoms. The van der Waals surface area contributed by atoms with Gasteiger partial charge in [-0.1, -0.05) is 24.3 Å². The first-order chi connectivity index (χ1) is 15.9. The fraction of sp³-hybridized carbons (Fsp3) is 0.0370. The van der Waals surface area contributed by atoms with Crippen molar-refractivity contribution in [3.8, 4) is 28.7 Å². The molecule has 6 heteroatoms. The van der Waals surface area contributed by atoms with Crippen LogP contribution in [0.25, 0.3) is 21.5 Å². The summed E-state index contributed by atoms with van der Waals surface area (Å²) in [5.74, 6) is 1.75. The maximum absolute atomic E-state index is 11.2. The molecule has 33 heavy (non-hydrogen) atoms. The Morgan fingerprint density at radius 2 is 1.30 bits per heavy atom. The third-order valence-electron chi connectivity index (χ3n) is 6.16. The highest BCUT2D eigenvalue weighted by molar-refractivity contribution is 14.1. The van der Waals surface area contributed by atoms with Gasteiger partial charge in [-0.2, -0.15) is 0 Å². The number of hydrogen-bond acceptors (Lipinski definition) is 4. The quantitative estimate of drug-likeness (QED) is 0.159. The van der Waals surface area contributed by atoms with Crippen molar-refractivity contribution in [1.29, 1.82) is 0 Å². The Balaban J connectivity index is 1.78. The van der Waals surface area contributed by atoms with Crippen molar-refractivity contribution in [3.05, 3.63) is 96.6 Å². The third-order valence-corrected chi connectivity index (χ3v) is 7.59. The van der Waals surface area contributed by atoms with Gasteiger partial charge in [0, 0.05) is 26.2 Å². The van der Waals surface area contributed by atoms with Crippen LogP contribution in [0.2, 0.25) is 0 Å². The fourth-order valence-corrected chi connectivity index (χ4v) is 6.81. The minimum atomic E-state index is -0.312. The molecule has 1 heterocycles. The van der Waals surface area contributed by atoms with Crippen LogP contribution in [0.4, 0.5) is 0 Å². The van der Waals surface area contributed by atoms with Crippen molar-refractivity contribution in [2.24, 2.45) is 0 Å². The van der Waals surface area contributed by atoms with Gasteiger partial charge in [-0.3, -0.25) is 0 Å². The van der Waals surface area contributed by atoms with Gasteiger partial charge in [-0.25, -0.2) is 0 Å². The number of aromatic hydroxyl groups is 3. The predicted octanol–water partition coefficient (Wildman–Crippen LogP) is 7.60. The fourth-order valence-electron chi connectivity index (χ4n) is 4.81. The summed E-state index contributed by atoms with van der Waals surface area (Å²) in [7, 11) is 0. The van der Waals surface area contributed by atoms with Gasteiger partial charge in [0.05, 0.1) is 3.57 Å².